The first kappa shape index (κ1) is 13.0. The van der Waals surface area contributed by atoms with Crippen LogP contribution in [0.4, 0.5) is 5.69 Å². The summed E-state index contributed by atoms with van der Waals surface area (Å²) in [5.74, 6) is 0. The Hall–Kier alpha value is -1.05. The quantitative estimate of drug-likeness (QED) is 0.927. The van der Waals surface area contributed by atoms with Crippen LogP contribution in [0.1, 0.15) is 19.4 Å². The van der Waals surface area contributed by atoms with Gasteiger partial charge >= 0.3 is 0 Å². The second-order valence-electron chi connectivity index (χ2n) is 4.44. The summed E-state index contributed by atoms with van der Waals surface area (Å²) in [5.41, 5.74) is 0.637. The normalized spacial score (nSPS) is 11.0. The van der Waals surface area contributed by atoms with Crippen LogP contribution in [0.3, 0.4) is 0 Å². The number of benzene rings is 1. The molecule has 1 aromatic carbocycles. The van der Waals surface area contributed by atoms with Crippen molar-refractivity contribution in [3.63, 3.8) is 0 Å². The summed E-state index contributed by atoms with van der Waals surface area (Å²) in [4.78, 5) is 1.88. The topological polar surface area (TPSA) is 47.3 Å². The number of anilines is 1. The second kappa shape index (κ2) is 4.86. The summed E-state index contributed by atoms with van der Waals surface area (Å²) in [5, 5.41) is 18.7. The van der Waals surface area contributed by atoms with Gasteiger partial charge in [-0.05, 0) is 32.0 Å². The predicted molar refractivity (Wildman–Crippen MR) is 68.4 cm³/mol. The largest absolute Gasteiger partial charge is 0.389 e. The van der Waals surface area contributed by atoms with Crippen molar-refractivity contribution >= 4 is 21.6 Å². The maximum absolute atomic E-state index is 9.75. The van der Waals surface area contributed by atoms with Crippen molar-refractivity contribution in [3.05, 3.63) is 28.2 Å². The van der Waals surface area contributed by atoms with Gasteiger partial charge in [0.2, 0.25) is 0 Å². The Kier molecular flexibility index (Phi) is 3.95. The molecule has 4 heteroatoms. The second-order valence-corrected chi connectivity index (χ2v) is 5.36. The van der Waals surface area contributed by atoms with E-state index in [0.717, 1.165) is 10.2 Å². The minimum absolute atomic E-state index is 0.470. The lowest BCUT2D eigenvalue weighted by molar-refractivity contribution is 0.0886. The lowest BCUT2D eigenvalue weighted by Gasteiger charge is -2.28. The van der Waals surface area contributed by atoms with Gasteiger partial charge in [-0.2, -0.15) is 5.26 Å². The molecule has 0 spiro atoms. The molecule has 1 N–H and O–H groups in total. The molecule has 16 heavy (non-hydrogen) atoms. The van der Waals surface area contributed by atoms with Gasteiger partial charge in [0.1, 0.15) is 6.07 Å². The number of halogens is 1. The van der Waals surface area contributed by atoms with Crippen LogP contribution in [0.2, 0.25) is 0 Å². The third kappa shape index (κ3) is 3.51. The molecule has 0 atom stereocenters. The van der Waals surface area contributed by atoms with E-state index in [4.69, 9.17) is 5.26 Å². The summed E-state index contributed by atoms with van der Waals surface area (Å²) >= 11 is 3.37. The summed E-state index contributed by atoms with van der Waals surface area (Å²) in [6, 6.07) is 7.62. The van der Waals surface area contributed by atoms with Crippen molar-refractivity contribution in [3.8, 4) is 6.07 Å². The molecule has 3 nitrogen and oxygen atoms in total. The van der Waals surface area contributed by atoms with Crippen molar-refractivity contribution in [2.75, 3.05) is 18.5 Å². The molecular weight excluding hydrogens is 268 g/mol. The Morgan fingerprint density at radius 1 is 1.50 bits per heavy atom. The number of likely N-dealkylation sites (N-methyl/N-ethyl adjacent to an activating group) is 1. The van der Waals surface area contributed by atoms with Crippen LogP contribution in [-0.2, 0) is 0 Å². The molecule has 0 amide bonds. The zero-order valence-corrected chi connectivity index (χ0v) is 11.2. The summed E-state index contributed by atoms with van der Waals surface area (Å²) in [6.07, 6.45) is 0. The average Bonchev–Trinajstić information content (AvgIpc) is 2.15. The third-order valence-electron chi connectivity index (χ3n) is 2.12. The molecular formula is C12H15BrN2O. The minimum atomic E-state index is -0.788. The van der Waals surface area contributed by atoms with Crippen LogP contribution in [0, 0.1) is 11.3 Å². The molecule has 0 bridgehead atoms. The predicted octanol–water partition coefficient (Wildman–Crippen LogP) is 2.53. The van der Waals surface area contributed by atoms with Gasteiger partial charge in [0.15, 0.2) is 0 Å². The molecule has 0 heterocycles. The Balaban J connectivity index is 3.03. The smallest absolute Gasteiger partial charge is 0.101 e. The molecule has 0 saturated carbocycles. The summed E-state index contributed by atoms with van der Waals surface area (Å²) in [6.45, 7) is 3.96. The van der Waals surface area contributed by atoms with E-state index in [2.05, 4.69) is 22.0 Å². The van der Waals surface area contributed by atoms with E-state index in [1.807, 2.05) is 24.1 Å². The van der Waals surface area contributed by atoms with Gasteiger partial charge in [-0.1, -0.05) is 15.9 Å². The Morgan fingerprint density at radius 3 is 2.62 bits per heavy atom. The zero-order chi connectivity index (χ0) is 12.3. The molecule has 0 aliphatic rings. The first-order chi connectivity index (χ1) is 7.33. The summed E-state index contributed by atoms with van der Waals surface area (Å²) < 4.78 is 0.920. The maximum Gasteiger partial charge on any atom is 0.101 e. The number of aliphatic hydroxyl groups is 1. The van der Waals surface area contributed by atoms with Gasteiger partial charge in [-0.25, -0.2) is 0 Å². The Morgan fingerprint density at radius 2 is 2.12 bits per heavy atom. The van der Waals surface area contributed by atoms with Crippen molar-refractivity contribution in [1.29, 1.82) is 5.26 Å². The van der Waals surface area contributed by atoms with Crippen LogP contribution in [0.15, 0.2) is 22.7 Å². The van der Waals surface area contributed by atoms with E-state index >= 15 is 0 Å². The lowest BCUT2D eigenvalue weighted by atomic mass is 10.1. The molecule has 0 aliphatic carbocycles. The number of nitriles is 1. The molecule has 1 aromatic rings. The Labute approximate surface area is 104 Å². The van der Waals surface area contributed by atoms with Gasteiger partial charge in [0.05, 0.1) is 16.9 Å². The number of nitrogens with zero attached hydrogens (tertiary/aromatic N) is 2. The molecule has 86 valence electrons. The number of rotatable bonds is 3. The highest BCUT2D eigenvalue weighted by Crippen LogP contribution is 2.24. The molecule has 0 unspecified atom stereocenters. The van der Waals surface area contributed by atoms with Crippen molar-refractivity contribution in [1.82, 2.24) is 0 Å². The lowest BCUT2D eigenvalue weighted by Crippen LogP contribution is -2.36. The SMILES string of the molecule is CN(CC(C)(C)O)c1cc(Br)ccc1C#N. The first-order valence-electron chi connectivity index (χ1n) is 4.96. The van der Waals surface area contributed by atoms with Gasteiger partial charge < -0.3 is 10.0 Å². The van der Waals surface area contributed by atoms with Gasteiger partial charge in [-0.3, -0.25) is 0 Å². The molecule has 1 rings (SSSR count). The van der Waals surface area contributed by atoms with Gasteiger partial charge in [0.25, 0.3) is 0 Å². The number of hydrogen-bond donors (Lipinski definition) is 1. The fourth-order valence-corrected chi connectivity index (χ4v) is 1.93. The maximum atomic E-state index is 9.75. The first-order valence-corrected chi connectivity index (χ1v) is 5.76. The van der Waals surface area contributed by atoms with Gasteiger partial charge in [0, 0.05) is 18.1 Å². The van der Waals surface area contributed by atoms with Crippen LogP contribution >= 0.6 is 15.9 Å². The molecule has 0 fully saturated rings. The van der Waals surface area contributed by atoms with Crippen LogP contribution in [-0.4, -0.2) is 24.3 Å². The number of hydrogen-bond acceptors (Lipinski definition) is 3. The van der Waals surface area contributed by atoms with Crippen molar-refractivity contribution in [2.45, 2.75) is 19.4 Å². The molecule has 0 aromatic heterocycles. The highest BCUT2D eigenvalue weighted by atomic mass is 79.9. The van der Waals surface area contributed by atoms with E-state index in [1.165, 1.54) is 0 Å². The van der Waals surface area contributed by atoms with Gasteiger partial charge in [-0.15, -0.1) is 0 Å². The highest BCUT2D eigenvalue weighted by molar-refractivity contribution is 9.10. The fourth-order valence-electron chi connectivity index (χ4n) is 1.58. The monoisotopic (exact) mass is 282 g/mol. The van der Waals surface area contributed by atoms with Crippen LogP contribution in [0.25, 0.3) is 0 Å². The highest BCUT2D eigenvalue weighted by Gasteiger charge is 2.17. The third-order valence-corrected chi connectivity index (χ3v) is 2.61. The van der Waals surface area contributed by atoms with E-state index < -0.39 is 5.60 Å². The fraction of sp³-hybridized carbons (Fsp3) is 0.417. The summed E-state index contributed by atoms with van der Waals surface area (Å²) in [7, 11) is 1.86. The standard InChI is InChI=1S/C12H15BrN2O/c1-12(2,16)8-15(3)11-6-10(13)5-4-9(11)7-14/h4-6,16H,8H2,1-3H3. The van der Waals surface area contributed by atoms with E-state index in [-0.39, 0.29) is 0 Å². The molecule has 0 aliphatic heterocycles. The van der Waals surface area contributed by atoms with Crippen molar-refractivity contribution < 1.29 is 5.11 Å². The van der Waals surface area contributed by atoms with Crippen LogP contribution in [0.5, 0.6) is 0 Å². The Bertz CT molecular complexity index is 418. The van der Waals surface area contributed by atoms with Crippen LogP contribution < -0.4 is 4.90 Å². The minimum Gasteiger partial charge on any atom is -0.389 e. The van der Waals surface area contributed by atoms with E-state index in [9.17, 15) is 5.11 Å². The van der Waals surface area contributed by atoms with E-state index in [0.29, 0.717) is 12.1 Å². The molecule has 0 saturated heterocycles. The molecule has 0 radical (unpaired) electrons. The van der Waals surface area contributed by atoms with Crippen molar-refractivity contribution in [2.24, 2.45) is 0 Å². The average molecular weight is 283 g/mol. The van der Waals surface area contributed by atoms with E-state index in [1.54, 1.807) is 19.9 Å². The zero-order valence-electron chi connectivity index (χ0n) is 9.66.